The third-order valence-electron chi connectivity index (χ3n) is 4.01. The van der Waals surface area contributed by atoms with Gasteiger partial charge in [0.25, 0.3) is 0 Å². The maximum atomic E-state index is 12.0. The lowest BCUT2D eigenvalue weighted by atomic mass is 9.75. The lowest BCUT2D eigenvalue weighted by Gasteiger charge is -2.39. The molecule has 0 radical (unpaired) electrons. The number of likely N-dealkylation sites (tertiary alicyclic amines) is 1. The zero-order valence-electron chi connectivity index (χ0n) is 12.4. The summed E-state index contributed by atoms with van der Waals surface area (Å²) in [7, 11) is 0. The largest absolute Gasteiger partial charge is 0.480 e. The number of nitrogens with zero attached hydrogens (tertiary/aromatic N) is 1. The van der Waals surface area contributed by atoms with Gasteiger partial charge in [-0.25, -0.2) is 9.59 Å². The fraction of sp³-hybridized carbons (Fsp3) is 0.857. The molecule has 110 valence electrons. The summed E-state index contributed by atoms with van der Waals surface area (Å²) < 4.78 is 0. The topological polar surface area (TPSA) is 69.6 Å². The normalized spacial score (nSPS) is 19.1. The Morgan fingerprint density at radius 2 is 1.84 bits per heavy atom. The van der Waals surface area contributed by atoms with E-state index in [0.717, 1.165) is 12.8 Å². The van der Waals surface area contributed by atoms with Gasteiger partial charge in [-0.2, -0.15) is 0 Å². The van der Waals surface area contributed by atoms with E-state index in [0.29, 0.717) is 25.4 Å². The van der Waals surface area contributed by atoms with Crippen LogP contribution in [0.15, 0.2) is 0 Å². The Labute approximate surface area is 115 Å². The summed E-state index contributed by atoms with van der Waals surface area (Å²) in [5, 5.41) is 11.5. The molecule has 19 heavy (non-hydrogen) atoms. The number of urea groups is 1. The minimum atomic E-state index is -0.972. The molecule has 1 aliphatic rings. The first-order chi connectivity index (χ1) is 8.75. The van der Waals surface area contributed by atoms with E-state index in [-0.39, 0.29) is 11.4 Å². The first-order valence-corrected chi connectivity index (χ1v) is 7.04. The molecule has 2 amide bonds. The minimum Gasteiger partial charge on any atom is -0.480 e. The van der Waals surface area contributed by atoms with Crippen LogP contribution in [0.5, 0.6) is 0 Å². The molecule has 5 nitrogen and oxygen atoms in total. The number of amides is 2. The van der Waals surface area contributed by atoms with Crippen molar-refractivity contribution in [2.75, 3.05) is 13.1 Å². The Bertz CT molecular complexity index is 328. The third kappa shape index (κ3) is 4.40. The molecule has 0 aromatic rings. The predicted octanol–water partition coefficient (Wildman–Crippen LogP) is 2.32. The lowest BCUT2D eigenvalue weighted by molar-refractivity contribution is -0.139. The van der Waals surface area contributed by atoms with Crippen LogP contribution >= 0.6 is 0 Å². The maximum absolute atomic E-state index is 12.0. The average Bonchev–Trinajstić information content (AvgIpc) is 2.34. The van der Waals surface area contributed by atoms with E-state index in [9.17, 15) is 9.59 Å². The molecule has 0 spiro atoms. The number of hydrogen-bond acceptors (Lipinski definition) is 2. The van der Waals surface area contributed by atoms with Gasteiger partial charge < -0.3 is 15.3 Å². The Morgan fingerprint density at radius 1 is 1.32 bits per heavy atom. The Hall–Kier alpha value is -1.26. The predicted molar refractivity (Wildman–Crippen MR) is 74.0 cm³/mol. The summed E-state index contributed by atoms with van der Waals surface area (Å²) in [4.78, 5) is 24.6. The number of rotatable bonds is 3. The summed E-state index contributed by atoms with van der Waals surface area (Å²) in [6.45, 7) is 9.86. The van der Waals surface area contributed by atoms with Crippen molar-refractivity contribution in [2.45, 2.75) is 53.0 Å². The van der Waals surface area contributed by atoms with Crippen LogP contribution in [0, 0.1) is 11.3 Å². The van der Waals surface area contributed by atoms with Crippen LogP contribution in [0.2, 0.25) is 0 Å². The first kappa shape index (κ1) is 15.8. The van der Waals surface area contributed by atoms with Crippen molar-refractivity contribution in [1.29, 1.82) is 0 Å². The zero-order valence-corrected chi connectivity index (χ0v) is 12.4. The van der Waals surface area contributed by atoms with Crippen LogP contribution in [0.3, 0.4) is 0 Å². The van der Waals surface area contributed by atoms with Crippen molar-refractivity contribution in [3.63, 3.8) is 0 Å². The Balaban J connectivity index is 2.47. The standard InChI is InChI=1S/C14H26N2O3/c1-5-11(12(17)18)15-13(19)16-8-6-10(7-9-16)14(2,3)4/h10-11H,5-9H2,1-4H3,(H,15,19)(H,17,18). The monoisotopic (exact) mass is 270 g/mol. The molecular weight excluding hydrogens is 244 g/mol. The van der Waals surface area contributed by atoms with Crippen molar-refractivity contribution in [2.24, 2.45) is 11.3 Å². The molecule has 1 fully saturated rings. The van der Waals surface area contributed by atoms with Gasteiger partial charge in [0.15, 0.2) is 0 Å². The van der Waals surface area contributed by atoms with Crippen LogP contribution in [0.25, 0.3) is 0 Å². The van der Waals surface area contributed by atoms with Gasteiger partial charge in [0.1, 0.15) is 6.04 Å². The molecule has 2 N–H and O–H groups in total. The number of piperidine rings is 1. The smallest absolute Gasteiger partial charge is 0.326 e. The number of aliphatic carboxylic acids is 1. The number of carbonyl (C=O) groups is 2. The summed E-state index contributed by atoms with van der Waals surface area (Å²) in [6, 6.07) is -1.03. The minimum absolute atomic E-state index is 0.249. The molecule has 1 rings (SSSR count). The van der Waals surface area contributed by atoms with Gasteiger partial charge in [-0.15, -0.1) is 0 Å². The van der Waals surface area contributed by atoms with E-state index in [1.54, 1.807) is 11.8 Å². The Kier molecular flexibility index (Phi) is 5.20. The van der Waals surface area contributed by atoms with Gasteiger partial charge in [-0.1, -0.05) is 27.7 Å². The van der Waals surface area contributed by atoms with Crippen molar-refractivity contribution in [3.05, 3.63) is 0 Å². The highest BCUT2D eigenvalue weighted by atomic mass is 16.4. The van der Waals surface area contributed by atoms with Crippen LogP contribution in [-0.2, 0) is 4.79 Å². The number of hydrogen-bond donors (Lipinski definition) is 2. The Morgan fingerprint density at radius 3 is 2.21 bits per heavy atom. The van der Waals surface area contributed by atoms with E-state index < -0.39 is 12.0 Å². The number of nitrogens with one attached hydrogen (secondary N) is 1. The molecule has 1 heterocycles. The number of carboxylic acids is 1. The average molecular weight is 270 g/mol. The highest BCUT2D eigenvalue weighted by Gasteiger charge is 2.31. The van der Waals surface area contributed by atoms with E-state index >= 15 is 0 Å². The van der Waals surface area contributed by atoms with Crippen molar-refractivity contribution >= 4 is 12.0 Å². The van der Waals surface area contributed by atoms with E-state index in [2.05, 4.69) is 26.1 Å². The first-order valence-electron chi connectivity index (χ1n) is 7.04. The molecule has 0 bridgehead atoms. The molecule has 1 aliphatic heterocycles. The molecule has 1 unspecified atom stereocenters. The van der Waals surface area contributed by atoms with Crippen LogP contribution in [0.4, 0.5) is 4.79 Å². The maximum Gasteiger partial charge on any atom is 0.326 e. The molecule has 5 heteroatoms. The fourth-order valence-corrected chi connectivity index (χ4v) is 2.53. The van der Waals surface area contributed by atoms with Gasteiger partial charge in [0, 0.05) is 13.1 Å². The number of carboxylic acid groups (broad SMARTS) is 1. The molecule has 0 saturated carbocycles. The fourth-order valence-electron chi connectivity index (χ4n) is 2.53. The SMILES string of the molecule is CCC(NC(=O)N1CCC(C(C)(C)C)CC1)C(=O)O. The van der Waals surface area contributed by atoms with E-state index in [1.165, 1.54) is 0 Å². The molecular formula is C14H26N2O3. The summed E-state index contributed by atoms with van der Waals surface area (Å²) in [6.07, 6.45) is 2.38. The third-order valence-corrected chi connectivity index (χ3v) is 4.01. The molecule has 0 aromatic carbocycles. The lowest BCUT2D eigenvalue weighted by Crippen LogP contribution is -2.50. The second kappa shape index (κ2) is 6.26. The van der Waals surface area contributed by atoms with E-state index in [4.69, 9.17) is 5.11 Å². The zero-order chi connectivity index (χ0) is 14.6. The van der Waals surface area contributed by atoms with Gasteiger partial charge in [0.05, 0.1) is 0 Å². The number of carbonyl (C=O) groups excluding carboxylic acids is 1. The van der Waals surface area contributed by atoms with Gasteiger partial charge in [0.2, 0.25) is 0 Å². The van der Waals surface area contributed by atoms with Crippen molar-refractivity contribution in [3.8, 4) is 0 Å². The second-order valence-corrected chi connectivity index (χ2v) is 6.38. The van der Waals surface area contributed by atoms with Gasteiger partial charge in [-0.3, -0.25) is 0 Å². The van der Waals surface area contributed by atoms with Crippen molar-refractivity contribution < 1.29 is 14.7 Å². The van der Waals surface area contributed by atoms with Crippen LogP contribution in [0.1, 0.15) is 47.0 Å². The van der Waals surface area contributed by atoms with Crippen LogP contribution in [-0.4, -0.2) is 41.1 Å². The molecule has 1 saturated heterocycles. The second-order valence-electron chi connectivity index (χ2n) is 6.38. The highest BCUT2D eigenvalue weighted by Crippen LogP contribution is 2.34. The van der Waals surface area contributed by atoms with Crippen LogP contribution < -0.4 is 5.32 Å². The van der Waals surface area contributed by atoms with Gasteiger partial charge >= 0.3 is 12.0 Å². The van der Waals surface area contributed by atoms with Gasteiger partial charge in [-0.05, 0) is 30.6 Å². The molecule has 0 aliphatic carbocycles. The summed E-state index contributed by atoms with van der Waals surface area (Å²) in [5.41, 5.74) is 0.273. The summed E-state index contributed by atoms with van der Waals surface area (Å²) >= 11 is 0. The molecule has 1 atom stereocenters. The van der Waals surface area contributed by atoms with E-state index in [1.807, 2.05) is 0 Å². The quantitative estimate of drug-likeness (QED) is 0.827. The summed E-state index contributed by atoms with van der Waals surface area (Å²) in [5.74, 6) is -0.349. The highest BCUT2D eigenvalue weighted by molar-refractivity contribution is 5.82. The molecule has 0 aromatic heterocycles. The van der Waals surface area contributed by atoms with Crippen molar-refractivity contribution in [1.82, 2.24) is 10.2 Å².